The average Bonchev–Trinajstić information content (AvgIpc) is 1.94. The monoisotopic (exact) mass is 174 g/mol. The minimum absolute atomic E-state index is 0.731. The third-order valence-electron chi connectivity index (χ3n) is 1.51. The summed E-state index contributed by atoms with van der Waals surface area (Å²) in [5.74, 6) is 0. The highest BCUT2D eigenvalue weighted by Gasteiger charge is 2.08. The first kappa shape index (κ1) is 11.9. The summed E-state index contributed by atoms with van der Waals surface area (Å²) in [4.78, 5) is 0. The van der Waals surface area contributed by atoms with Gasteiger partial charge in [0, 0.05) is 0 Å². The summed E-state index contributed by atoms with van der Waals surface area (Å²) < 4.78 is 0. The van der Waals surface area contributed by atoms with Crippen LogP contribution in [0.3, 0.4) is 0 Å². The van der Waals surface area contributed by atoms with E-state index in [9.17, 15) is 5.11 Å². The van der Waals surface area contributed by atoms with Crippen molar-refractivity contribution in [3.05, 3.63) is 0 Å². The molecule has 0 saturated heterocycles. The molecule has 74 valence electrons. The molecule has 0 radical (unpaired) electrons. The van der Waals surface area contributed by atoms with Crippen molar-refractivity contribution in [2.75, 3.05) is 19.6 Å². The summed E-state index contributed by atoms with van der Waals surface area (Å²) >= 11 is 0. The standard InChI is InChI=1S/C9H22N2O/c1-4-6-10-7-5-8-11-9(2,3)12/h10-12H,4-8H2,1-3H3. The minimum atomic E-state index is -0.731. The fourth-order valence-electron chi connectivity index (χ4n) is 0.909. The smallest absolute Gasteiger partial charge is 0.110 e. The molecule has 0 fully saturated rings. The number of hydrogen-bond acceptors (Lipinski definition) is 3. The molecule has 0 aromatic carbocycles. The van der Waals surface area contributed by atoms with Gasteiger partial charge in [-0.2, -0.15) is 0 Å². The van der Waals surface area contributed by atoms with Gasteiger partial charge in [-0.3, -0.25) is 5.32 Å². The van der Waals surface area contributed by atoms with Gasteiger partial charge < -0.3 is 10.4 Å². The zero-order valence-corrected chi connectivity index (χ0v) is 8.48. The Morgan fingerprint density at radius 2 is 1.83 bits per heavy atom. The highest BCUT2D eigenvalue weighted by Crippen LogP contribution is 1.93. The van der Waals surface area contributed by atoms with Crippen molar-refractivity contribution < 1.29 is 5.11 Å². The van der Waals surface area contributed by atoms with Crippen LogP contribution in [-0.2, 0) is 0 Å². The molecule has 0 heterocycles. The lowest BCUT2D eigenvalue weighted by Gasteiger charge is -2.18. The SMILES string of the molecule is CCCNCCCNC(C)(C)O. The van der Waals surface area contributed by atoms with Crippen LogP contribution in [0.4, 0.5) is 0 Å². The van der Waals surface area contributed by atoms with Crippen LogP contribution in [0.5, 0.6) is 0 Å². The van der Waals surface area contributed by atoms with Gasteiger partial charge in [-0.1, -0.05) is 6.92 Å². The Balaban J connectivity index is 3.01. The van der Waals surface area contributed by atoms with Crippen LogP contribution in [0, 0.1) is 0 Å². The topological polar surface area (TPSA) is 44.3 Å². The Morgan fingerprint density at radius 1 is 1.17 bits per heavy atom. The van der Waals surface area contributed by atoms with Crippen LogP contribution >= 0.6 is 0 Å². The van der Waals surface area contributed by atoms with Crippen LogP contribution in [0.1, 0.15) is 33.6 Å². The van der Waals surface area contributed by atoms with Crippen LogP contribution < -0.4 is 10.6 Å². The third kappa shape index (κ3) is 9.88. The summed E-state index contributed by atoms with van der Waals surface area (Å²) in [6, 6.07) is 0. The Labute approximate surface area is 75.6 Å². The number of hydrogen-bond donors (Lipinski definition) is 3. The molecule has 0 rings (SSSR count). The Kier molecular flexibility index (Phi) is 6.34. The maximum Gasteiger partial charge on any atom is 0.110 e. The molecule has 0 amide bonds. The van der Waals surface area contributed by atoms with Gasteiger partial charge in [-0.05, 0) is 46.3 Å². The second kappa shape index (κ2) is 6.40. The molecule has 0 atom stereocenters. The van der Waals surface area contributed by atoms with Gasteiger partial charge in [0.2, 0.25) is 0 Å². The van der Waals surface area contributed by atoms with E-state index in [4.69, 9.17) is 0 Å². The predicted octanol–water partition coefficient (Wildman–Crippen LogP) is 0.694. The predicted molar refractivity (Wildman–Crippen MR) is 52.1 cm³/mol. The quantitative estimate of drug-likeness (QED) is 0.393. The maximum absolute atomic E-state index is 9.29. The first-order valence-electron chi connectivity index (χ1n) is 4.74. The third-order valence-corrected chi connectivity index (χ3v) is 1.51. The van der Waals surface area contributed by atoms with Crippen LogP contribution in [0.15, 0.2) is 0 Å². The zero-order chi connectivity index (χ0) is 9.45. The van der Waals surface area contributed by atoms with E-state index in [1.807, 2.05) is 0 Å². The van der Waals surface area contributed by atoms with Crippen molar-refractivity contribution in [1.29, 1.82) is 0 Å². The summed E-state index contributed by atoms with van der Waals surface area (Å²) in [5.41, 5.74) is -0.731. The normalized spacial score (nSPS) is 12.0. The fourth-order valence-corrected chi connectivity index (χ4v) is 0.909. The molecule has 0 saturated carbocycles. The number of aliphatic hydroxyl groups is 1. The molecule has 0 aliphatic carbocycles. The van der Waals surface area contributed by atoms with Gasteiger partial charge in [-0.15, -0.1) is 0 Å². The first-order valence-corrected chi connectivity index (χ1v) is 4.74. The van der Waals surface area contributed by atoms with E-state index in [-0.39, 0.29) is 0 Å². The highest BCUT2D eigenvalue weighted by molar-refractivity contribution is 4.61. The lowest BCUT2D eigenvalue weighted by molar-refractivity contribution is 0.0438. The van der Waals surface area contributed by atoms with E-state index < -0.39 is 5.72 Å². The van der Waals surface area contributed by atoms with Crippen LogP contribution in [0.25, 0.3) is 0 Å². The van der Waals surface area contributed by atoms with E-state index in [2.05, 4.69) is 17.6 Å². The molecule has 3 nitrogen and oxygen atoms in total. The molecular weight excluding hydrogens is 152 g/mol. The maximum atomic E-state index is 9.29. The molecule has 0 aliphatic heterocycles. The Bertz CT molecular complexity index is 99.2. The molecule has 0 aromatic heterocycles. The zero-order valence-electron chi connectivity index (χ0n) is 8.48. The largest absolute Gasteiger partial charge is 0.376 e. The molecule has 0 spiro atoms. The van der Waals surface area contributed by atoms with Crippen molar-refractivity contribution >= 4 is 0 Å². The molecule has 0 aromatic rings. The van der Waals surface area contributed by atoms with Crippen LogP contribution in [0.2, 0.25) is 0 Å². The number of rotatable bonds is 7. The number of nitrogens with one attached hydrogen (secondary N) is 2. The van der Waals surface area contributed by atoms with Crippen molar-refractivity contribution in [1.82, 2.24) is 10.6 Å². The lowest BCUT2D eigenvalue weighted by atomic mass is 10.3. The van der Waals surface area contributed by atoms with Gasteiger partial charge >= 0.3 is 0 Å². The lowest BCUT2D eigenvalue weighted by Crippen LogP contribution is -2.40. The fraction of sp³-hybridized carbons (Fsp3) is 1.00. The van der Waals surface area contributed by atoms with E-state index >= 15 is 0 Å². The van der Waals surface area contributed by atoms with E-state index in [0.717, 1.165) is 26.1 Å². The van der Waals surface area contributed by atoms with Gasteiger partial charge in [-0.25, -0.2) is 0 Å². The van der Waals surface area contributed by atoms with E-state index in [0.29, 0.717) is 0 Å². The molecule has 0 aliphatic rings. The Morgan fingerprint density at radius 3 is 2.33 bits per heavy atom. The summed E-state index contributed by atoms with van der Waals surface area (Å²) in [6.45, 7) is 8.64. The minimum Gasteiger partial charge on any atom is -0.376 e. The van der Waals surface area contributed by atoms with Gasteiger partial charge in [0.15, 0.2) is 0 Å². The molecular formula is C9H22N2O. The summed E-state index contributed by atoms with van der Waals surface area (Å²) in [6.07, 6.45) is 2.24. The second-order valence-corrected chi connectivity index (χ2v) is 3.59. The van der Waals surface area contributed by atoms with E-state index in [1.165, 1.54) is 6.42 Å². The van der Waals surface area contributed by atoms with E-state index in [1.54, 1.807) is 13.8 Å². The van der Waals surface area contributed by atoms with Gasteiger partial charge in [0.25, 0.3) is 0 Å². The Hall–Kier alpha value is -0.120. The van der Waals surface area contributed by atoms with Crippen molar-refractivity contribution in [3.63, 3.8) is 0 Å². The second-order valence-electron chi connectivity index (χ2n) is 3.59. The summed E-state index contributed by atoms with van der Waals surface area (Å²) in [7, 11) is 0. The van der Waals surface area contributed by atoms with Gasteiger partial charge in [0.05, 0.1) is 0 Å². The highest BCUT2D eigenvalue weighted by atomic mass is 16.3. The first-order chi connectivity index (χ1) is 5.56. The van der Waals surface area contributed by atoms with Gasteiger partial charge in [0.1, 0.15) is 5.72 Å². The molecule has 12 heavy (non-hydrogen) atoms. The average molecular weight is 174 g/mol. The molecule has 3 N–H and O–H groups in total. The van der Waals surface area contributed by atoms with Crippen LogP contribution in [-0.4, -0.2) is 30.5 Å². The summed E-state index contributed by atoms with van der Waals surface area (Å²) in [5, 5.41) is 15.6. The molecule has 3 heteroatoms. The van der Waals surface area contributed by atoms with Crippen molar-refractivity contribution in [3.8, 4) is 0 Å². The molecule has 0 bridgehead atoms. The van der Waals surface area contributed by atoms with Crippen molar-refractivity contribution in [2.45, 2.75) is 39.3 Å². The van der Waals surface area contributed by atoms with Crippen molar-refractivity contribution in [2.24, 2.45) is 0 Å². The molecule has 0 unspecified atom stereocenters.